The molecule has 0 aromatic heterocycles. The van der Waals surface area contributed by atoms with Crippen LogP contribution in [0.1, 0.15) is 30.6 Å². The molecule has 186 valence electrons. The van der Waals surface area contributed by atoms with E-state index in [9.17, 15) is 13.6 Å². The average molecular weight is 490 g/mol. The number of para-hydroxylation sites is 1. The molecule has 1 fully saturated rings. The van der Waals surface area contributed by atoms with E-state index >= 15 is 0 Å². The molecule has 5 rings (SSSR count). The van der Waals surface area contributed by atoms with Crippen LogP contribution < -0.4 is 9.64 Å². The summed E-state index contributed by atoms with van der Waals surface area (Å²) in [5.41, 5.74) is 2.71. The number of aliphatic hydroxyl groups excluding tert-OH is 1. The van der Waals surface area contributed by atoms with Crippen LogP contribution in [0, 0.1) is 11.6 Å². The van der Waals surface area contributed by atoms with Crippen LogP contribution in [0.4, 0.5) is 14.5 Å². The molecule has 1 amide bonds. The van der Waals surface area contributed by atoms with E-state index in [1.807, 2.05) is 48.5 Å². The fourth-order valence-corrected chi connectivity index (χ4v) is 3.21. The molecule has 36 heavy (non-hydrogen) atoms. The molecule has 1 saturated heterocycles. The van der Waals surface area contributed by atoms with Gasteiger partial charge in [-0.3, -0.25) is 4.79 Å². The van der Waals surface area contributed by atoms with E-state index in [2.05, 4.69) is 12.1 Å². The number of ether oxygens (including phenoxy) is 1. The SMILES string of the molecule is C[C@H](O)c1ccc(F)cc1.O=C1CCN1c1ccc(F)cc1.c1ccc(COc2ccccc2)cc1. The van der Waals surface area contributed by atoms with Gasteiger partial charge in [0.15, 0.2) is 0 Å². The molecule has 4 nitrogen and oxygen atoms in total. The number of anilines is 1. The molecule has 1 aliphatic heterocycles. The predicted octanol–water partition coefficient (Wildman–Crippen LogP) is 6.71. The van der Waals surface area contributed by atoms with Crippen LogP contribution in [0.15, 0.2) is 109 Å². The summed E-state index contributed by atoms with van der Waals surface area (Å²) in [6.45, 7) is 3.03. The third-order valence-electron chi connectivity index (χ3n) is 5.33. The van der Waals surface area contributed by atoms with Gasteiger partial charge in [-0.2, -0.15) is 0 Å². The molecule has 0 saturated carbocycles. The van der Waals surface area contributed by atoms with Crippen molar-refractivity contribution in [2.45, 2.75) is 26.1 Å². The Kier molecular flexibility index (Phi) is 10.2. The van der Waals surface area contributed by atoms with Gasteiger partial charge in [0, 0.05) is 18.7 Å². The minimum Gasteiger partial charge on any atom is -0.489 e. The van der Waals surface area contributed by atoms with Gasteiger partial charge in [0.1, 0.15) is 24.0 Å². The van der Waals surface area contributed by atoms with Crippen LogP contribution in [0.5, 0.6) is 5.75 Å². The zero-order valence-corrected chi connectivity index (χ0v) is 20.1. The molecule has 1 atom stereocenters. The van der Waals surface area contributed by atoms with Gasteiger partial charge in [0.25, 0.3) is 0 Å². The maximum Gasteiger partial charge on any atom is 0.228 e. The predicted molar refractivity (Wildman–Crippen MR) is 138 cm³/mol. The van der Waals surface area contributed by atoms with Crippen molar-refractivity contribution < 1.29 is 23.4 Å². The quantitative estimate of drug-likeness (QED) is 0.317. The van der Waals surface area contributed by atoms with E-state index in [1.54, 1.807) is 36.1 Å². The van der Waals surface area contributed by atoms with Crippen LogP contribution in [0.2, 0.25) is 0 Å². The molecule has 1 heterocycles. The molecule has 1 aliphatic rings. The Bertz CT molecular complexity index is 1140. The molecule has 0 bridgehead atoms. The smallest absolute Gasteiger partial charge is 0.228 e. The van der Waals surface area contributed by atoms with E-state index in [4.69, 9.17) is 9.84 Å². The molecular formula is C30H29F2NO3. The number of halogens is 2. The second-order valence-electron chi connectivity index (χ2n) is 8.09. The Balaban J connectivity index is 0.000000153. The molecular weight excluding hydrogens is 460 g/mol. The van der Waals surface area contributed by atoms with E-state index in [0.29, 0.717) is 13.0 Å². The second-order valence-corrected chi connectivity index (χ2v) is 8.09. The topological polar surface area (TPSA) is 49.8 Å². The van der Waals surface area contributed by atoms with E-state index in [0.717, 1.165) is 23.5 Å². The highest BCUT2D eigenvalue weighted by Gasteiger charge is 2.24. The molecule has 0 aliphatic carbocycles. The Morgan fingerprint density at radius 1 is 0.806 bits per heavy atom. The normalized spacial score (nSPS) is 12.8. The summed E-state index contributed by atoms with van der Waals surface area (Å²) in [6, 6.07) is 31.8. The van der Waals surface area contributed by atoms with Gasteiger partial charge in [0.2, 0.25) is 5.91 Å². The second kappa shape index (κ2) is 13.8. The van der Waals surface area contributed by atoms with Crippen molar-refractivity contribution in [3.63, 3.8) is 0 Å². The number of carbonyl (C=O) groups is 1. The molecule has 6 heteroatoms. The summed E-state index contributed by atoms with van der Waals surface area (Å²) in [5.74, 6) is 0.481. The van der Waals surface area contributed by atoms with Crippen LogP contribution >= 0.6 is 0 Å². The first-order chi connectivity index (χ1) is 17.4. The number of benzene rings is 4. The van der Waals surface area contributed by atoms with Crippen LogP contribution in [-0.2, 0) is 11.4 Å². The third kappa shape index (κ3) is 8.64. The lowest BCUT2D eigenvalue weighted by Crippen LogP contribution is -2.43. The van der Waals surface area contributed by atoms with Gasteiger partial charge in [-0.25, -0.2) is 8.78 Å². The minimum absolute atomic E-state index is 0.113. The summed E-state index contributed by atoms with van der Waals surface area (Å²) in [4.78, 5) is 12.6. The van der Waals surface area contributed by atoms with Crippen LogP contribution in [0.3, 0.4) is 0 Å². The molecule has 0 unspecified atom stereocenters. The summed E-state index contributed by atoms with van der Waals surface area (Å²) in [7, 11) is 0. The first-order valence-corrected chi connectivity index (χ1v) is 11.6. The maximum atomic E-state index is 12.5. The van der Waals surface area contributed by atoms with Crippen molar-refractivity contribution in [2.75, 3.05) is 11.4 Å². The summed E-state index contributed by atoms with van der Waals surface area (Å²) in [5, 5.41) is 8.99. The first-order valence-electron chi connectivity index (χ1n) is 11.6. The Morgan fingerprint density at radius 3 is 1.81 bits per heavy atom. The Hall–Kier alpha value is -4.03. The molecule has 4 aromatic rings. The Labute approximate surface area is 210 Å². The van der Waals surface area contributed by atoms with Crippen LogP contribution in [0.25, 0.3) is 0 Å². The van der Waals surface area contributed by atoms with E-state index in [1.165, 1.54) is 29.8 Å². The number of amides is 1. The standard InChI is InChI=1S/C13H12O.C9H8FNO.C8H9FO/c1-3-7-12(8-4-1)11-14-13-9-5-2-6-10-13;10-7-1-3-8(4-2-7)11-6-5-9(11)12;1-6(10)7-2-4-8(9)5-3-7/h1-10H,11H2;1-4H,5-6H2;2-6,10H,1H3/t;;6-/m..0/s1. The number of carbonyl (C=O) groups excluding carboxylic acids is 1. The number of β-lactam (4-membered cyclic amide) rings is 1. The summed E-state index contributed by atoms with van der Waals surface area (Å²) >= 11 is 0. The minimum atomic E-state index is -0.513. The molecule has 0 spiro atoms. The fraction of sp³-hybridized carbons (Fsp3) is 0.167. The van der Waals surface area contributed by atoms with E-state index in [-0.39, 0.29) is 17.5 Å². The third-order valence-corrected chi connectivity index (χ3v) is 5.33. The zero-order valence-electron chi connectivity index (χ0n) is 20.1. The van der Waals surface area contributed by atoms with Gasteiger partial charge in [-0.05, 0) is 66.6 Å². The molecule has 1 N–H and O–H groups in total. The van der Waals surface area contributed by atoms with Crippen molar-refractivity contribution in [3.05, 3.63) is 132 Å². The van der Waals surface area contributed by atoms with Gasteiger partial charge >= 0.3 is 0 Å². The monoisotopic (exact) mass is 489 g/mol. The van der Waals surface area contributed by atoms with Gasteiger partial charge < -0.3 is 14.7 Å². The highest BCUT2D eigenvalue weighted by Crippen LogP contribution is 2.21. The number of nitrogens with zero attached hydrogens (tertiary/aromatic N) is 1. The fourth-order valence-electron chi connectivity index (χ4n) is 3.21. The van der Waals surface area contributed by atoms with Crippen molar-refractivity contribution >= 4 is 11.6 Å². The number of aliphatic hydroxyl groups is 1. The average Bonchev–Trinajstić information content (AvgIpc) is 2.90. The lowest BCUT2D eigenvalue weighted by Gasteiger charge is -2.30. The number of hydrogen-bond acceptors (Lipinski definition) is 3. The van der Waals surface area contributed by atoms with Gasteiger partial charge in [-0.1, -0.05) is 60.7 Å². The van der Waals surface area contributed by atoms with Crippen molar-refractivity contribution in [2.24, 2.45) is 0 Å². The summed E-state index contributed by atoms with van der Waals surface area (Å²) in [6.07, 6.45) is 0.0952. The summed E-state index contributed by atoms with van der Waals surface area (Å²) < 4.78 is 30.3. The largest absolute Gasteiger partial charge is 0.489 e. The maximum absolute atomic E-state index is 12.5. The van der Waals surface area contributed by atoms with Crippen molar-refractivity contribution in [1.29, 1.82) is 0 Å². The Morgan fingerprint density at radius 2 is 1.33 bits per heavy atom. The van der Waals surface area contributed by atoms with Crippen molar-refractivity contribution in [1.82, 2.24) is 0 Å². The van der Waals surface area contributed by atoms with Gasteiger partial charge in [-0.15, -0.1) is 0 Å². The molecule has 4 aromatic carbocycles. The van der Waals surface area contributed by atoms with Crippen molar-refractivity contribution in [3.8, 4) is 5.75 Å². The number of rotatable bonds is 5. The highest BCUT2D eigenvalue weighted by atomic mass is 19.1. The lowest BCUT2D eigenvalue weighted by atomic mass is 10.1. The molecule has 0 radical (unpaired) electrons. The first kappa shape index (κ1) is 26.6. The van der Waals surface area contributed by atoms with Gasteiger partial charge in [0.05, 0.1) is 6.10 Å². The number of hydrogen-bond donors (Lipinski definition) is 1. The lowest BCUT2D eigenvalue weighted by molar-refractivity contribution is -0.122. The highest BCUT2D eigenvalue weighted by molar-refractivity contribution is 5.99. The zero-order chi connectivity index (χ0) is 25.8. The van der Waals surface area contributed by atoms with Crippen LogP contribution in [-0.4, -0.2) is 17.6 Å². The van der Waals surface area contributed by atoms with E-state index < -0.39 is 6.10 Å².